The molecule has 0 fully saturated rings. The number of nitrogens with two attached hydrogens (primary N) is 1. The minimum Gasteiger partial charge on any atom is -0.398 e. The molecule has 0 aliphatic heterocycles. The van der Waals surface area contributed by atoms with E-state index in [2.05, 4.69) is 9.97 Å². The number of nitrogen functional groups attached to an aromatic ring is 1. The molecule has 0 bridgehead atoms. The van der Waals surface area contributed by atoms with Crippen molar-refractivity contribution >= 4 is 5.69 Å². The second-order valence-electron chi connectivity index (χ2n) is 3.04. The maximum Gasteiger partial charge on any atom is 0.115 e. The lowest BCUT2D eigenvalue weighted by molar-refractivity contribution is 1.17. The first kappa shape index (κ1) is 9.16. The average molecular weight is 196 g/mol. The van der Waals surface area contributed by atoms with E-state index < -0.39 is 0 Å². The maximum atomic E-state index is 8.73. The lowest BCUT2D eigenvalue weighted by atomic mass is 10.1. The highest BCUT2D eigenvalue weighted by Gasteiger charge is 2.02. The van der Waals surface area contributed by atoms with Gasteiger partial charge in [0.1, 0.15) is 12.4 Å². The van der Waals surface area contributed by atoms with Gasteiger partial charge >= 0.3 is 0 Å². The molecule has 0 aliphatic carbocycles. The quantitative estimate of drug-likeness (QED) is 0.703. The van der Waals surface area contributed by atoms with Gasteiger partial charge in [-0.2, -0.15) is 5.26 Å². The fourth-order valence-electron chi connectivity index (χ4n) is 1.29. The third-order valence-corrected chi connectivity index (χ3v) is 2.07. The molecule has 2 aromatic rings. The maximum absolute atomic E-state index is 8.73. The number of nitrogens with zero attached hydrogens (tertiary/aromatic N) is 3. The number of hydrogen-bond donors (Lipinski definition) is 1. The van der Waals surface area contributed by atoms with Crippen LogP contribution in [0, 0.1) is 11.3 Å². The summed E-state index contributed by atoms with van der Waals surface area (Å²) in [5.74, 6) is 0. The van der Waals surface area contributed by atoms with Gasteiger partial charge in [0.15, 0.2) is 0 Å². The first-order valence-electron chi connectivity index (χ1n) is 4.36. The molecule has 4 heteroatoms. The fraction of sp³-hybridized carbons (Fsp3) is 0. The van der Waals surface area contributed by atoms with Crippen LogP contribution < -0.4 is 5.73 Å². The Morgan fingerprint density at radius 2 is 1.87 bits per heavy atom. The van der Waals surface area contributed by atoms with E-state index in [1.165, 1.54) is 6.33 Å². The van der Waals surface area contributed by atoms with Gasteiger partial charge < -0.3 is 5.73 Å². The van der Waals surface area contributed by atoms with Crippen LogP contribution in [0.4, 0.5) is 5.69 Å². The molecule has 0 radical (unpaired) electrons. The zero-order chi connectivity index (χ0) is 10.7. The summed E-state index contributed by atoms with van der Waals surface area (Å²) in [6, 6.07) is 7.28. The van der Waals surface area contributed by atoms with Crippen LogP contribution >= 0.6 is 0 Å². The molecule has 72 valence electrons. The summed E-state index contributed by atoms with van der Waals surface area (Å²) in [6.45, 7) is 0. The molecule has 4 nitrogen and oxygen atoms in total. The standard InChI is InChI=1S/C11H8N4/c12-4-9-2-1-8(3-11(9)13)10-5-14-7-15-6-10/h1-3,5-7H,13H2. The third-order valence-electron chi connectivity index (χ3n) is 2.07. The Labute approximate surface area is 87.0 Å². The van der Waals surface area contributed by atoms with Crippen molar-refractivity contribution in [3.8, 4) is 17.2 Å². The van der Waals surface area contributed by atoms with Gasteiger partial charge in [-0.15, -0.1) is 0 Å². The molecule has 0 unspecified atom stereocenters. The second-order valence-corrected chi connectivity index (χ2v) is 3.04. The molecule has 2 N–H and O–H groups in total. The Morgan fingerprint density at radius 1 is 1.13 bits per heavy atom. The van der Waals surface area contributed by atoms with E-state index in [9.17, 15) is 0 Å². The normalized spacial score (nSPS) is 9.53. The Morgan fingerprint density at radius 3 is 2.47 bits per heavy atom. The largest absolute Gasteiger partial charge is 0.398 e. The zero-order valence-corrected chi connectivity index (χ0v) is 7.88. The highest BCUT2D eigenvalue weighted by atomic mass is 14.8. The van der Waals surface area contributed by atoms with Crippen LogP contribution in [0.3, 0.4) is 0 Å². The average Bonchev–Trinajstić information content (AvgIpc) is 2.30. The molecular weight excluding hydrogens is 188 g/mol. The summed E-state index contributed by atoms with van der Waals surface area (Å²) in [7, 11) is 0. The summed E-state index contributed by atoms with van der Waals surface area (Å²) in [5.41, 5.74) is 8.45. The summed E-state index contributed by atoms with van der Waals surface area (Å²) >= 11 is 0. The first-order chi connectivity index (χ1) is 7.31. The lowest BCUT2D eigenvalue weighted by Crippen LogP contribution is -1.91. The minimum atomic E-state index is 0.471. The lowest BCUT2D eigenvalue weighted by Gasteiger charge is -2.02. The van der Waals surface area contributed by atoms with Crippen molar-refractivity contribution in [1.82, 2.24) is 9.97 Å². The van der Waals surface area contributed by atoms with Gasteiger partial charge in [-0.3, -0.25) is 0 Å². The van der Waals surface area contributed by atoms with Crippen LogP contribution in [0.15, 0.2) is 36.9 Å². The Bertz CT molecular complexity index is 514. The van der Waals surface area contributed by atoms with Gasteiger partial charge in [0, 0.05) is 18.0 Å². The Balaban J connectivity index is 2.49. The van der Waals surface area contributed by atoms with Crippen LogP contribution in [0.25, 0.3) is 11.1 Å². The van der Waals surface area contributed by atoms with Gasteiger partial charge in [0.2, 0.25) is 0 Å². The summed E-state index contributed by atoms with van der Waals surface area (Å²) in [6.07, 6.45) is 4.87. The molecule has 2 rings (SSSR count). The van der Waals surface area contributed by atoms with E-state index in [1.807, 2.05) is 12.1 Å². The van der Waals surface area contributed by atoms with E-state index in [0.29, 0.717) is 11.3 Å². The first-order valence-corrected chi connectivity index (χ1v) is 4.36. The van der Waals surface area contributed by atoms with Gasteiger partial charge in [0.05, 0.1) is 11.3 Å². The molecule has 0 saturated carbocycles. The van der Waals surface area contributed by atoms with Gasteiger partial charge in [0.25, 0.3) is 0 Å². The number of aromatic nitrogens is 2. The molecule has 1 aromatic carbocycles. The number of nitriles is 1. The van der Waals surface area contributed by atoms with Gasteiger partial charge in [-0.25, -0.2) is 9.97 Å². The fourth-order valence-corrected chi connectivity index (χ4v) is 1.29. The predicted molar refractivity (Wildman–Crippen MR) is 56.6 cm³/mol. The summed E-state index contributed by atoms with van der Waals surface area (Å²) < 4.78 is 0. The molecule has 0 spiro atoms. The van der Waals surface area contributed by atoms with E-state index >= 15 is 0 Å². The molecule has 1 heterocycles. The molecule has 1 aromatic heterocycles. The second kappa shape index (κ2) is 3.76. The van der Waals surface area contributed by atoms with Crippen molar-refractivity contribution in [2.24, 2.45) is 0 Å². The van der Waals surface area contributed by atoms with E-state index in [4.69, 9.17) is 11.0 Å². The Kier molecular flexibility index (Phi) is 2.30. The molecule has 0 aliphatic rings. The smallest absolute Gasteiger partial charge is 0.115 e. The van der Waals surface area contributed by atoms with Crippen molar-refractivity contribution in [3.05, 3.63) is 42.5 Å². The zero-order valence-electron chi connectivity index (χ0n) is 7.88. The highest BCUT2D eigenvalue weighted by Crippen LogP contribution is 2.22. The molecule has 0 atom stereocenters. The molecular formula is C11H8N4. The third kappa shape index (κ3) is 1.76. The number of benzene rings is 1. The molecule has 0 amide bonds. The van der Waals surface area contributed by atoms with Crippen molar-refractivity contribution < 1.29 is 0 Å². The van der Waals surface area contributed by atoms with Crippen LogP contribution in [-0.2, 0) is 0 Å². The van der Waals surface area contributed by atoms with Crippen LogP contribution in [0.2, 0.25) is 0 Å². The molecule has 0 saturated heterocycles. The van der Waals surface area contributed by atoms with Gasteiger partial charge in [-0.05, 0) is 17.7 Å². The topological polar surface area (TPSA) is 75.6 Å². The van der Waals surface area contributed by atoms with Crippen LogP contribution in [-0.4, -0.2) is 9.97 Å². The summed E-state index contributed by atoms with van der Waals surface area (Å²) in [4.78, 5) is 7.83. The Hall–Kier alpha value is -2.41. The van der Waals surface area contributed by atoms with Crippen molar-refractivity contribution in [1.29, 1.82) is 5.26 Å². The van der Waals surface area contributed by atoms with Crippen molar-refractivity contribution in [2.45, 2.75) is 0 Å². The minimum absolute atomic E-state index is 0.471. The monoisotopic (exact) mass is 196 g/mol. The van der Waals surface area contributed by atoms with E-state index in [1.54, 1.807) is 24.5 Å². The number of hydrogen-bond acceptors (Lipinski definition) is 4. The number of rotatable bonds is 1. The molecule has 15 heavy (non-hydrogen) atoms. The number of anilines is 1. The van der Waals surface area contributed by atoms with E-state index in [0.717, 1.165) is 11.1 Å². The van der Waals surface area contributed by atoms with Crippen LogP contribution in [0.1, 0.15) is 5.56 Å². The highest BCUT2D eigenvalue weighted by molar-refractivity contribution is 5.69. The van der Waals surface area contributed by atoms with E-state index in [-0.39, 0.29) is 0 Å². The predicted octanol–water partition coefficient (Wildman–Crippen LogP) is 1.60. The SMILES string of the molecule is N#Cc1ccc(-c2cncnc2)cc1N. The van der Waals surface area contributed by atoms with Crippen molar-refractivity contribution in [3.63, 3.8) is 0 Å². The van der Waals surface area contributed by atoms with Crippen LogP contribution in [0.5, 0.6) is 0 Å². The van der Waals surface area contributed by atoms with Crippen molar-refractivity contribution in [2.75, 3.05) is 5.73 Å². The van der Waals surface area contributed by atoms with Gasteiger partial charge in [-0.1, -0.05) is 6.07 Å². The summed E-state index contributed by atoms with van der Waals surface area (Å²) in [5, 5.41) is 8.73.